The Kier molecular flexibility index (Phi) is 7.09. The quantitative estimate of drug-likeness (QED) is 0.583. The molecule has 0 bridgehead atoms. The van der Waals surface area contributed by atoms with Gasteiger partial charge in [-0.15, -0.1) is 0 Å². The van der Waals surface area contributed by atoms with Crippen LogP contribution in [0.5, 0.6) is 0 Å². The number of carbonyl (C=O) groups is 1. The van der Waals surface area contributed by atoms with E-state index in [0.717, 1.165) is 69.0 Å². The molecule has 2 aromatic rings. The summed E-state index contributed by atoms with van der Waals surface area (Å²) < 4.78 is 5.80. The Hall–Kier alpha value is -2.93. The molecule has 7 heteroatoms. The molecule has 0 atom stereocenters. The Morgan fingerprint density at radius 1 is 1.09 bits per heavy atom. The maximum absolute atomic E-state index is 10.6. The number of hydrogen-bond donors (Lipinski definition) is 1. The molecule has 1 aromatic carbocycles. The number of benzene rings is 1. The van der Waals surface area contributed by atoms with Crippen LogP contribution in [0, 0.1) is 5.92 Å². The number of aldehydes is 1. The number of aromatic nitrogens is 2. The van der Waals surface area contributed by atoms with E-state index in [1.807, 2.05) is 6.20 Å². The second kappa shape index (κ2) is 10.6. The van der Waals surface area contributed by atoms with Crippen molar-refractivity contribution in [2.75, 3.05) is 50.1 Å². The van der Waals surface area contributed by atoms with E-state index >= 15 is 0 Å². The van der Waals surface area contributed by atoms with Gasteiger partial charge in [0.15, 0.2) is 0 Å². The van der Waals surface area contributed by atoms with Crippen LogP contribution in [0.25, 0.3) is 5.57 Å². The lowest BCUT2D eigenvalue weighted by atomic mass is 9.85. The summed E-state index contributed by atoms with van der Waals surface area (Å²) in [6.45, 7) is 4.83. The Labute approximate surface area is 202 Å². The van der Waals surface area contributed by atoms with Gasteiger partial charge in [-0.05, 0) is 55.0 Å². The number of nitrogens with one attached hydrogen (secondary N) is 1. The van der Waals surface area contributed by atoms with Crippen molar-refractivity contribution in [3.63, 3.8) is 0 Å². The van der Waals surface area contributed by atoms with E-state index in [1.54, 1.807) is 7.11 Å². The summed E-state index contributed by atoms with van der Waals surface area (Å²) in [6.07, 6.45) is 10.5. The van der Waals surface area contributed by atoms with Gasteiger partial charge in [-0.3, -0.25) is 4.90 Å². The maximum Gasteiger partial charge on any atom is 0.227 e. The van der Waals surface area contributed by atoms with Crippen LogP contribution in [-0.4, -0.2) is 61.0 Å². The zero-order valence-electron chi connectivity index (χ0n) is 20.1. The predicted octanol–water partition coefficient (Wildman–Crippen LogP) is 4.43. The maximum atomic E-state index is 10.6. The second-order valence-electron chi connectivity index (χ2n) is 9.55. The fourth-order valence-corrected chi connectivity index (χ4v) is 5.60. The number of methoxy groups -OCH3 is 1. The Balaban J connectivity index is 1.27. The van der Waals surface area contributed by atoms with E-state index < -0.39 is 0 Å². The molecule has 1 saturated carbocycles. The van der Waals surface area contributed by atoms with E-state index in [4.69, 9.17) is 9.72 Å². The predicted molar refractivity (Wildman–Crippen MR) is 135 cm³/mol. The summed E-state index contributed by atoms with van der Waals surface area (Å²) in [4.78, 5) is 25.0. The number of anilines is 3. The van der Waals surface area contributed by atoms with E-state index in [-0.39, 0.29) is 0 Å². The van der Waals surface area contributed by atoms with E-state index in [9.17, 15) is 4.79 Å². The fraction of sp³-hybridized carbons (Fsp3) is 0.519. The van der Waals surface area contributed by atoms with Gasteiger partial charge in [0.1, 0.15) is 12.0 Å². The molecule has 5 rings (SSSR count). The highest BCUT2D eigenvalue weighted by Crippen LogP contribution is 2.42. The molecule has 0 spiro atoms. The van der Waals surface area contributed by atoms with Gasteiger partial charge in [-0.2, -0.15) is 0 Å². The third-order valence-electron chi connectivity index (χ3n) is 7.48. The van der Waals surface area contributed by atoms with E-state index in [0.29, 0.717) is 18.3 Å². The molecule has 3 aliphatic rings. The van der Waals surface area contributed by atoms with Crippen molar-refractivity contribution in [1.82, 2.24) is 14.9 Å². The van der Waals surface area contributed by atoms with Crippen LogP contribution in [0.3, 0.4) is 0 Å². The minimum atomic E-state index is 0.551. The summed E-state index contributed by atoms with van der Waals surface area (Å²) in [6, 6.07) is 8.53. The van der Waals surface area contributed by atoms with Crippen LogP contribution in [0.4, 0.5) is 17.3 Å². The van der Waals surface area contributed by atoms with Gasteiger partial charge >= 0.3 is 0 Å². The van der Waals surface area contributed by atoms with Crippen LogP contribution < -0.4 is 10.2 Å². The Morgan fingerprint density at radius 2 is 1.85 bits per heavy atom. The van der Waals surface area contributed by atoms with Crippen LogP contribution in [0.2, 0.25) is 0 Å². The van der Waals surface area contributed by atoms with Crippen molar-refractivity contribution in [2.24, 2.45) is 5.92 Å². The summed E-state index contributed by atoms with van der Waals surface area (Å²) >= 11 is 0. The zero-order valence-corrected chi connectivity index (χ0v) is 20.1. The molecule has 2 heterocycles. The highest BCUT2D eigenvalue weighted by Gasteiger charge is 2.30. The molecule has 0 radical (unpaired) electrons. The van der Waals surface area contributed by atoms with E-state index in [1.165, 1.54) is 42.5 Å². The molecule has 0 amide bonds. The number of piperazine rings is 1. The summed E-state index contributed by atoms with van der Waals surface area (Å²) in [5.74, 6) is 2.30. The first-order valence-corrected chi connectivity index (χ1v) is 12.7. The van der Waals surface area contributed by atoms with Gasteiger partial charge in [-0.1, -0.05) is 12.8 Å². The molecule has 34 heavy (non-hydrogen) atoms. The highest BCUT2D eigenvalue weighted by molar-refractivity contribution is 5.72. The molecule has 1 N–H and O–H groups in total. The Bertz CT molecular complexity index is 1020. The van der Waals surface area contributed by atoms with Crippen molar-refractivity contribution in [2.45, 2.75) is 44.9 Å². The number of fused-ring (bicyclic) bond motifs is 1. The second-order valence-corrected chi connectivity index (χ2v) is 9.55. The fourth-order valence-electron chi connectivity index (χ4n) is 5.60. The normalized spacial score (nSPS) is 19.3. The van der Waals surface area contributed by atoms with Crippen molar-refractivity contribution >= 4 is 29.2 Å². The van der Waals surface area contributed by atoms with Crippen LogP contribution in [0.1, 0.15) is 49.8 Å². The van der Waals surface area contributed by atoms with Gasteiger partial charge in [0, 0.05) is 68.7 Å². The van der Waals surface area contributed by atoms with Crippen LogP contribution in [0.15, 0.2) is 36.2 Å². The summed E-state index contributed by atoms with van der Waals surface area (Å²) in [5.41, 5.74) is 5.84. The van der Waals surface area contributed by atoms with Crippen LogP contribution >= 0.6 is 0 Å². The minimum absolute atomic E-state index is 0.551. The molecule has 7 nitrogen and oxygen atoms in total. The van der Waals surface area contributed by atoms with Crippen molar-refractivity contribution in [3.8, 4) is 0 Å². The third-order valence-corrected chi connectivity index (χ3v) is 7.48. The number of rotatable bonds is 8. The lowest BCUT2D eigenvalue weighted by Crippen LogP contribution is -2.46. The highest BCUT2D eigenvalue weighted by atomic mass is 16.5. The molecule has 2 fully saturated rings. The summed E-state index contributed by atoms with van der Waals surface area (Å²) in [7, 11) is 1.79. The first kappa shape index (κ1) is 22.8. The number of ether oxygens (including phenoxy) is 1. The Morgan fingerprint density at radius 3 is 2.56 bits per heavy atom. The topological polar surface area (TPSA) is 70.6 Å². The van der Waals surface area contributed by atoms with Gasteiger partial charge in [0.25, 0.3) is 0 Å². The number of aryl methyl sites for hydroxylation is 1. The number of nitrogens with zero attached hydrogens (tertiary/aromatic N) is 4. The molecule has 1 aliphatic heterocycles. The molecule has 0 unspecified atom stereocenters. The molecule has 180 valence electrons. The molecular weight excluding hydrogens is 426 g/mol. The van der Waals surface area contributed by atoms with Crippen molar-refractivity contribution < 1.29 is 9.53 Å². The van der Waals surface area contributed by atoms with Crippen LogP contribution in [-0.2, 0) is 16.0 Å². The van der Waals surface area contributed by atoms with E-state index in [2.05, 4.69) is 44.4 Å². The van der Waals surface area contributed by atoms with Gasteiger partial charge in [0.2, 0.25) is 5.95 Å². The average Bonchev–Trinajstić information content (AvgIpc) is 3.42. The van der Waals surface area contributed by atoms with Gasteiger partial charge < -0.3 is 19.7 Å². The van der Waals surface area contributed by atoms with Gasteiger partial charge in [-0.25, -0.2) is 9.97 Å². The minimum Gasteiger partial charge on any atom is -0.501 e. The summed E-state index contributed by atoms with van der Waals surface area (Å²) in [5, 5.41) is 3.41. The largest absolute Gasteiger partial charge is 0.501 e. The number of carbonyl (C=O) groups excluding carboxylic acids is 1. The number of hydrogen-bond acceptors (Lipinski definition) is 7. The van der Waals surface area contributed by atoms with Crippen molar-refractivity contribution in [3.05, 3.63) is 47.5 Å². The van der Waals surface area contributed by atoms with Gasteiger partial charge in [0.05, 0.1) is 12.8 Å². The number of allylic oxidation sites excluding steroid dienone is 2. The first-order chi connectivity index (χ1) is 16.7. The van der Waals surface area contributed by atoms with Crippen molar-refractivity contribution in [1.29, 1.82) is 0 Å². The third kappa shape index (κ3) is 4.94. The molecule has 1 aromatic heterocycles. The molecule has 2 aliphatic carbocycles. The first-order valence-electron chi connectivity index (χ1n) is 12.7. The SMILES string of the molecule is COC1=C(C2CCCC2)c2nc(Nc3ccc(N4CCN(CCC=O)CC4)cc3)ncc2CC1. The zero-order chi connectivity index (χ0) is 23.3. The smallest absolute Gasteiger partial charge is 0.227 e. The lowest BCUT2D eigenvalue weighted by Gasteiger charge is -2.35. The molecule has 1 saturated heterocycles. The molecular formula is C27H35N5O2. The average molecular weight is 462 g/mol. The monoisotopic (exact) mass is 461 g/mol. The standard InChI is InChI=1S/C27H35N5O2/c1-34-24-12-7-21-19-28-27(30-26(21)25(24)20-5-2-3-6-20)29-22-8-10-23(11-9-22)32-16-14-31(15-17-32)13-4-18-33/h8-11,18-20H,2-7,12-17H2,1H3,(H,28,29,30). The lowest BCUT2D eigenvalue weighted by molar-refractivity contribution is -0.108.